The molecule has 5 heteroatoms. The summed E-state index contributed by atoms with van der Waals surface area (Å²) in [7, 11) is 0. The maximum absolute atomic E-state index is 12.5. The standard InChI is InChI=1S/C20H12Br2O3/c1-11-17-10-15(22)5-7-18(17)25-19(11)20(23)24-16-6-3-12-8-14(21)4-2-13(12)9-16/h2-10H,1H3. The Balaban J connectivity index is 1.68. The molecule has 0 bridgehead atoms. The van der Waals surface area contributed by atoms with Crippen molar-refractivity contribution in [2.24, 2.45) is 0 Å². The first-order chi connectivity index (χ1) is 12.0. The van der Waals surface area contributed by atoms with Crippen molar-refractivity contribution in [3.8, 4) is 5.75 Å². The topological polar surface area (TPSA) is 39.4 Å². The molecule has 3 aromatic carbocycles. The predicted molar refractivity (Wildman–Crippen MR) is 105 cm³/mol. The number of benzene rings is 3. The molecule has 4 aromatic rings. The molecule has 0 fully saturated rings. The highest BCUT2D eigenvalue weighted by Crippen LogP contribution is 2.30. The Kier molecular flexibility index (Phi) is 4.13. The summed E-state index contributed by atoms with van der Waals surface area (Å²) in [6, 6.07) is 17.1. The molecule has 4 rings (SSSR count). The average Bonchev–Trinajstić information content (AvgIpc) is 2.91. The molecule has 25 heavy (non-hydrogen) atoms. The number of aryl methyl sites for hydroxylation is 1. The van der Waals surface area contributed by atoms with E-state index >= 15 is 0 Å². The molecule has 0 aliphatic rings. The highest BCUT2D eigenvalue weighted by molar-refractivity contribution is 9.10. The summed E-state index contributed by atoms with van der Waals surface area (Å²) in [6.45, 7) is 1.85. The van der Waals surface area contributed by atoms with E-state index in [2.05, 4.69) is 31.9 Å². The molecule has 124 valence electrons. The van der Waals surface area contributed by atoms with Gasteiger partial charge in [0.2, 0.25) is 5.76 Å². The minimum atomic E-state index is -0.499. The third-order valence-corrected chi connectivity index (χ3v) is 5.05. The molecular weight excluding hydrogens is 448 g/mol. The van der Waals surface area contributed by atoms with Gasteiger partial charge in [0.25, 0.3) is 0 Å². The van der Waals surface area contributed by atoms with Gasteiger partial charge < -0.3 is 9.15 Å². The molecule has 0 atom stereocenters. The smallest absolute Gasteiger partial charge is 0.379 e. The zero-order chi connectivity index (χ0) is 17.6. The van der Waals surface area contributed by atoms with Crippen LogP contribution in [0.25, 0.3) is 21.7 Å². The van der Waals surface area contributed by atoms with Crippen LogP contribution >= 0.6 is 31.9 Å². The van der Waals surface area contributed by atoms with Gasteiger partial charge in [-0.1, -0.05) is 44.0 Å². The lowest BCUT2D eigenvalue weighted by Crippen LogP contribution is -2.08. The summed E-state index contributed by atoms with van der Waals surface area (Å²) in [4.78, 5) is 12.5. The largest absolute Gasteiger partial charge is 0.449 e. The van der Waals surface area contributed by atoms with Crippen molar-refractivity contribution >= 4 is 59.6 Å². The summed E-state index contributed by atoms with van der Waals surface area (Å²) in [5.74, 6) is 0.214. The van der Waals surface area contributed by atoms with E-state index in [0.717, 1.165) is 30.7 Å². The third-order valence-electron chi connectivity index (χ3n) is 4.07. The fourth-order valence-electron chi connectivity index (χ4n) is 2.80. The second kappa shape index (κ2) is 6.32. The highest BCUT2D eigenvalue weighted by atomic mass is 79.9. The first-order valence-electron chi connectivity index (χ1n) is 7.61. The van der Waals surface area contributed by atoms with Gasteiger partial charge in [-0.15, -0.1) is 0 Å². The molecule has 1 aromatic heterocycles. The van der Waals surface area contributed by atoms with Gasteiger partial charge in [0.15, 0.2) is 0 Å². The summed E-state index contributed by atoms with van der Waals surface area (Å²) in [5.41, 5.74) is 1.43. The van der Waals surface area contributed by atoms with E-state index in [1.807, 2.05) is 55.5 Å². The molecule has 0 aliphatic heterocycles. The van der Waals surface area contributed by atoms with Crippen molar-refractivity contribution in [3.63, 3.8) is 0 Å². The fraction of sp³-hybridized carbons (Fsp3) is 0.0500. The van der Waals surface area contributed by atoms with Crippen molar-refractivity contribution in [3.05, 3.63) is 74.9 Å². The van der Waals surface area contributed by atoms with E-state index in [0.29, 0.717) is 11.3 Å². The lowest BCUT2D eigenvalue weighted by molar-refractivity contribution is 0.0703. The molecule has 0 N–H and O–H groups in total. The Hall–Kier alpha value is -2.11. The second-order valence-corrected chi connectivity index (χ2v) is 7.57. The summed E-state index contributed by atoms with van der Waals surface area (Å²) < 4.78 is 13.2. The van der Waals surface area contributed by atoms with Crippen molar-refractivity contribution < 1.29 is 13.9 Å². The number of ether oxygens (including phenoxy) is 1. The van der Waals surface area contributed by atoms with Gasteiger partial charge in [-0.2, -0.15) is 0 Å². The number of hydrogen-bond acceptors (Lipinski definition) is 3. The van der Waals surface area contributed by atoms with Crippen LogP contribution in [0.2, 0.25) is 0 Å². The Morgan fingerprint density at radius 3 is 2.44 bits per heavy atom. The third kappa shape index (κ3) is 3.10. The quantitative estimate of drug-likeness (QED) is 0.249. The summed E-state index contributed by atoms with van der Waals surface area (Å²) in [6.07, 6.45) is 0. The molecular formula is C20H12Br2O3. The van der Waals surface area contributed by atoms with Crippen LogP contribution in [-0.2, 0) is 0 Å². The van der Waals surface area contributed by atoms with Crippen LogP contribution in [0.1, 0.15) is 16.1 Å². The predicted octanol–water partition coefficient (Wildman–Crippen LogP) is 6.64. The SMILES string of the molecule is Cc1c(C(=O)Oc2ccc3cc(Br)ccc3c2)oc2ccc(Br)cc12. The first kappa shape index (κ1) is 16.4. The van der Waals surface area contributed by atoms with E-state index in [1.165, 1.54) is 0 Å². The number of furan rings is 1. The number of fused-ring (bicyclic) bond motifs is 2. The second-order valence-electron chi connectivity index (χ2n) is 5.74. The molecule has 1 heterocycles. The van der Waals surface area contributed by atoms with Gasteiger partial charge >= 0.3 is 5.97 Å². The van der Waals surface area contributed by atoms with E-state index < -0.39 is 5.97 Å². The number of carbonyl (C=O) groups is 1. The average molecular weight is 460 g/mol. The molecule has 0 amide bonds. The van der Waals surface area contributed by atoms with Gasteiger partial charge in [-0.25, -0.2) is 4.79 Å². The van der Waals surface area contributed by atoms with E-state index in [-0.39, 0.29) is 5.76 Å². The normalized spacial score (nSPS) is 11.2. The van der Waals surface area contributed by atoms with Gasteiger partial charge in [0, 0.05) is 19.9 Å². The van der Waals surface area contributed by atoms with Crippen LogP contribution in [0.4, 0.5) is 0 Å². The van der Waals surface area contributed by atoms with Crippen LogP contribution < -0.4 is 4.74 Å². The van der Waals surface area contributed by atoms with E-state index in [9.17, 15) is 4.79 Å². The van der Waals surface area contributed by atoms with E-state index in [4.69, 9.17) is 9.15 Å². The number of hydrogen-bond donors (Lipinski definition) is 0. The maximum atomic E-state index is 12.5. The Bertz CT molecular complexity index is 1130. The lowest BCUT2D eigenvalue weighted by Gasteiger charge is -2.05. The number of carbonyl (C=O) groups excluding carboxylic acids is 1. The van der Waals surface area contributed by atoms with Crippen LogP contribution in [0.5, 0.6) is 5.75 Å². The molecule has 3 nitrogen and oxygen atoms in total. The zero-order valence-corrected chi connectivity index (χ0v) is 16.3. The van der Waals surface area contributed by atoms with Gasteiger partial charge in [-0.3, -0.25) is 0 Å². The van der Waals surface area contributed by atoms with Crippen LogP contribution in [0, 0.1) is 6.92 Å². The zero-order valence-electron chi connectivity index (χ0n) is 13.2. The van der Waals surface area contributed by atoms with Crippen molar-refractivity contribution in [2.45, 2.75) is 6.92 Å². The summed E-state index contributed by atoms with van der Waals surface area (Å²) >= 11 is 6.88. The monoisotopic (exact) mass is 458 g/mol. The first-order valence-corrected chi connectivity index (χ1v) is 9.20. The van der Waals surface area contributed by atoms with Crippen molar-refractivity contribution in [1.29, 1.82) is 0 Å². The molecule has 0 saturated heterocycles. The van der Waals surface area contributed by atoms with Gasteiger partial charge in [0.05, 0.1) is 0 Å². The number of halogens is 2. The van der Waals surface area contributed by atoms with Crippen LogP contribution in [0.3, 0.4) is 0 Å². The minimum Gasteiger partial charge on any atom is -0.449 e. The number of rotatable bonds is 2. The Morgan fingerprint density at radius 2 is 1.60 bits per heavy atom. The molecule has 0 aliphatic carbocycles. The van der Waals surface area contributed by atoms with Crippen LogP contribution in [-0.4, -0.2) is 5.97 Å². The molecule has 0 spiro atoms. The lowest BCUT2D eigenvalue weighted by atomic mass is 10.1. The highest BCUT2D eigenvalue weighted by Gasteiger charge is 2.20. The number of esters is 1. The van der Waals surface area contributed by atoms with Gasteiger partial charge in [0.1, 0.15) is 11.3 Å². The van der Waals surface area contributed by atoms with Crippen molar-refractivity contribution in [2.75, 3.05) is 0 Å². The fourth-order valence-corrected chi connectivity index (χ4v) is 3.54. The van der Waals surface area contributed by atoms with Gasteiger partial charge in [-0.05, 0) is 60.2 Å². The summed E-state index contributed by atoms with van der Waals surface area (Å²) in [5, 5.41) is 2.96. The molecule has 0 saturated carbocycles. The van der Waals surface area contributed by atoms with Crippen molar-refractivity contribution in [1.82, 2.24) is 0 Å². The Morgan fingerprint density at radius 1 is 0.920 bits per heavy atom. The maximum Gasteiger partial charge on any atom is 0.379 e. The van der Waals surface area contributed by atoms with E-state index in [1.54, 1.807) is 6.07 Å². The Labute approximate surface area is 160 Å². The van der Waals surface area contributed by atoms with Crippen LogP contribution in [0.15, 0.2) is 68.0 Å². The molecule has 0 radical (unpaired) electrons. The molecule has 0 unspecified atom stereocenters. The minimum absolute atomic E-state index is 0.226.